The Morgan fingerprint density at radius 1 is 0.786 bits per heavy atom. The first-order valence-electron chi connectivity index (χ1n) is 10.5. The van der Waals surface area contributed by atoms with Crippen molar-refractivity contribution >= 4 is 5.78 Å². The Labute approximate surface area is 169 Å². The van der Waals surface area contributed by atoms with E-state index in [1.807, 2.05) is 42.5 Å². The van der Waals surface area contributed by atoms with Crippen molar-refractivity contribution in [3.63, 3.8) is 0 Å². The minimum atomic E-state index is 0.0750. The van der Waals surface area contributed by atoms with Gasteiger partial charge in [-0.2, -0.15) is 0 Å². The van der Waals surface area contributed by atoms with Crippen LogP contribution in [0.3, 0.4) is 0 Å². The summed E-state index contributed by atoms with van der Waals surface area (Å²) >= 11 is 0. The highest BCUT2D eigenvalue weighted by molar-refractivity contribution is 6.09. The van der Waals surface area contributed by atoms with Crippen LogP contribution in [0.25, 0.3) is 11.1 Å². The Morgan fingerprint density at radius 2 is 1.43 bits per heavy atom. The third-order valence-electron chi connectivity index (χ3n) is 5.56. The van der Waals surface area contributed by atoms with Gasteiger partial charge in [0, 0.05) is 11.1 Å². The minimum absolute atomic E-state index is 0.0750. The molecule has 3 aromatic rings. The molecule has 1 atom stereocenters. The number of rotatable bonds is 9. The SMILES string of the molecule is CCCCC(CC)Cc1ccccc1-c1ccc(C(=O)c2ccccc2)cc1. The summed E-state index contributed by atoms with van der Waals surface area (Å²) in [6.07, 6.45) is 6.20. The molecule has 0 amide bonds. The third-order valence-corrected chi connectivity index (χ3v) is 5.56. The molecule has 28 heavy (non-hydrogen) atoms. The van der Waals surface area contributed by atoms with E-state index in [0.29, 0.717) is 0 Å². The molecule has 0 bridgehead atoms. The second-order valence-electron chi connectivity index (χ2n) is 7.55. The van der Waals surface area contributed by atoms with E-state index < -0.39 is 0 Å². The molecule has 0 aliphatic heterocycles. The van der Waals surface area contributed by atoms with Crippen LogP contribution in [0.2, 0.25) is 0 Å². The molecule has 3 rings (SSSR count). The lowest BCUT2D eigenvalue weighted by atomic mass is 9.88. The fourth-order valence-corrected chi connectivity index (χ4v) is 3.79. The van der Waals surface area contributed by atoms with Crippen molar-refractivity contribution in [3.8, 4) is 11.1 Å². The van der Waals surface area contributed by atoms with E-state index in [-0.39, 0.29) is 5.78 Å². The van der Waals surface area contributed by atoms with Crippen LogP contribution < -0.4 is 0 Å². The number of carbonyl (C=O) groups is 1. The van der Waals surface area contributed by atoms with E-state index in [1.54, 1.807) is 0 Å². The zero-order valence-electron chi connectivity index (χ0n) is 17.0. The minimum Gasteiger partial charge on any atom is -0.289 e. The Morgan fingerprint density at radius 3 is 2.11 bits per heavy atom. The van der Waals surface area contributed by atoms with E-state index in [9.17, 15) is 4.79 Å². The van der Waals surface area contributed by atoms with Crippen LogP contribution in [0.5, 0.6) is 0 Å². The molecule has 0 saturated carbocycles. The molecule has 0 aromatic heterocycles. The highest BCUT2D eigenvalue weighted by Gasteiger charge is 2.13. The molecule has 0 saturated heterocycles. The van der Waals surface area contributed by atoms with Gasteiger partial charge in [-0.05, 0) is 29.0 Å². The molecule has 3 aromatic carbocycles. The van der Waals surface area contributed by atoms with Crippen LogP contribution >= 0.6 is 0 Å². The fourth-order valence-electron chi connectivity index (χ4n) is 3.79. The van der Waals surface area contributed by atoms with Gasteiger partial charge in [0.25, 0.3) is 0 Å². The van der Waals surface area contributed by atoms with E-state index in [2.05, 4.69) is 50.2 Å². The monoisotopic (exact) mass is 370 g/mol. The van der Waals surface area contributed by atoms with Gasteiger partial charge in [-0.1, -0.05) is 118 Å². The summed E-state index contributed by atoms with van der Waals surface area (Å²) in [4.78, 5) is 12.6. The number of hydrogen-bond acceptors (Lipinski definition) is 1. The standard InChI is InChI=1S/C27H30O/c1-3-5-11-21(4-2)20-25-14-9-10-15-26(25)22-16-18-24(19-17-22)27(28)23-12-7-6-8-13-23/h6-10,12-19,21H,3-5,11,20H2,1-2H3. The van der Waals surface area contributed by atoms with Gasteiger partial charge in [0.05, 0.1) is 0 Å². The molecule has 144 valence electrons. The molecular weight excluding hydrogens is 340 g/mol. The Kier molecular flexibility index (Phi) is 7.19. The van der Waals surface area contributed by atoms with Crippen LogP contribution in [0.4, 0.5) is 0 Å². The van der Waals surface area contributed by atoms with Crippen molar-refractivity contribution in [2.24, 2.45) is 5.92 Å². The summed E-state index contributed by atoms with van der Waals surface area (Å²) in [6, 6.07) is 26.3. The van der Waals surface area contributed by atoms with Crippen LogP contribution in [0.15, 0.2) is 78.9 Å². The molecule has 0 aliphatic carbocycles. The average Bonchev–Trinajstić information content (AvgIpc) is 2.77. The maximum atomic E-state index is 12.6. The number of benzene rings is 3. The lowest BCUT2D eigenvalue weighted by Gasteiger charge is -2.17. The molecular formula is C27H30O. The lowest BCUT2D eigenvalue weighted by Crippen LogP contribution is -2.05. The topological polar surface area (TPSA) is 17.1 Å². The molecule has 0 heterocycles. The summed E-state index contributed by atoms with van der Waals surface area (Å²) in [7, 11) is 0. The van der Waals surface area contributed by atoms with Crippen molar-refractivity contribution < 1.29 is 4.79 Å². The van der Waals surface area contributed by atoms with Crippen molar-refractivity contribution in [2.45, 2.75) is 46.0 Å². The van der Waals surface area contributed by atoms with Crippen molar-refractivity contribution in [3.05, 3.63) is 95.6 Å². The van der Waals surface area contributed by atoms with Gasteiger partial charge in [0.1, 0.15) is 0 Å². The van der Waals surface area contributed by atoms with Gasteiger partial charge in [0.2, 0.25) is 0 Å². The van der Waals surface area contributed by atoms with Crippen LogP contribution in [-0.4, -0.2) is 5.78 Å². The number of hydrogen-bond donors (Lipinski definition) is 0. The lowest BCUT2D eigenvalue weighted by molar-refractivity contribution is 0.103. The summed E-state index contributed by atoms with van der Waals surface area (Å²) < 4.78 is 0. The van der Waals surface area contributed by atoms with Crippen LogP contribution in [-0.2, 0) is 6.42 Å². The van der Waals surface area contributed by atoms with E-state index in [0.717, 1.165) is 23.5 Å². The maximum Gasteiger partial charge on any atom is 0.193 e. The summed E-state index contributed by atoms with van der Waals surface area (Å²) in [5, 5.41) is 0. The van der Waals surface area contributed by atoms with Gasteiger partial charge in [0.15, 0.2) is 5.78 Å². The zero-order chi connectivity index (χ0) is 19.8. The number of carbonyl (C=O) groups excluding carboxylic acids is 1. The molecule has 1 nitrogen and oxygen atoms in total. The molecule has 0 N–H and O–H groups in total. The Bertz CT molecular complexity index is 878. The normalized spacial score (nSPS) is 11.9. The molecule has 0 aliphatic rings. The predicted molar refractivity (Wildman–Crippen MR) is 119 cm³/mol. The van der Waals surface area contributed by atoms with Gasteiger partial charge < -0.3 is 0 Å². The second kappa shape index (κ2) is 10.0. The largest absolute Gasteiger partial charge is 0.289 e. The maximum absolute atomic E-state index is 12.6. The van der Waals surface area contributed by atoms with Crippen molar-refractivity contribution in [1.82, 2.24) is 0 Å². The molecule has 0 radical (unpaired) electrons. The Balaban J connectivity index is 1.81. The first-order chi connectivity index (χ1) is 13.7. The number of ketones is 1. The van der Waals surface area contributed by atoms with Gasteiger partial charge in [-0.15, -0.1) is 0 Å². The summed E-state index contributed by atoms with van der Waals surface area (Å²) in [5.74, 6) is 0.811. The van der Waals surface area contributed by atoms with Gasteiger partial charge in [-0.3, -0.25) is 4.79 Å². The van der Waals surface area contributed by atoms with E-state index in [1.165, 1.54) is 42.4 Å². The first-order valence-corrected chi connectivity index (χ1v) is 10.5. The molecule has 0 fully saturated rings. The highest BCUT2D eigenvalue weighted by Crippen LogP contribution is 2.28. The first kappa shape index (κ1) is 20.1. The van der Waals surface area contributed by atoms with Crippen molar-refractivity contribution in [1.29, 1.82) is 0 Å². The quantitative estimate of drug-likeness (QED) is 0.360. The third kappa shape index (κ3) is 4.98. The van der Waals surface area contributed by atoms with Crippen LogP contribution in [0.1, 0.15) is 61.0 Å². The predicted octanol–water partition coefficient (Wildman–Crippen LogP) is 7.34. The second-order valence-corrected chi connectivity index (χ2v) is 7.55. The van der Waals surface area contributed by atoms with E-state index >= 15 is 0 Å². The fraction of sp³-hybridized carbons (Fsp3) is 0.296. The van der Waals surface area contributed by atoms with Gasteiger partial charge in [-0.25, -0.2) is 0 Å². The smallest absolute Gasteiger partial charge is 0.193 e. The highest BCUT2D eigenvalue weighted by atomic mass is 16.1. The summed E-state index contributed by atoms with van der Waals surface area (Å²) in [5.41, 5.74) is 5.36. The van der Waals surface area contributed by atoms with Crippen LogP contribution in [0, 0.1) is 5.92 Å². The Hall–Kier alpha value is -2.67. The zero-order valence-corrected chi connectivity index (χ0v) is 17.0. The molecule has 0 spiro atoms. The van der Waals surface area contributed by atoms with E-state index in [4.69, 9.17) is 0 Å². The number of unbranched alkanes of at least 4 members (excludes halogenated alkanes) is 1. The molecule has 1 heteroatoms. The van der Waals surface area contributed by atoms with Gasteiger partial charge >= 0.3 is 0 Å². The summed E-state index contributed by atoms with van der Waals surface area (Å²) in [6.45, 7) is 4.56. The molecule has 1 unspecified atom stereocenters. The van der Waals surface area contributed by atoms with Crippen molar-refractivity contribution in [2.75, 3.05) is 0 Å². The average molecular weight is 371 g/mol.